The minimum atomic E-state index is 0.0343. The van der Waals surface area contributed by atoms with Gasteiger partial charge in [-0.1, -0.05) is 30.3 Å². The quantitative estimate of drug-likeness (QED) is 0.848. The maximum atomic E-state index is 12.4. The van der Waals surface area contributed by atoms with Crippen LogP contribution in [0.1, 0.15) is 38.2 Å². The van der Waals surface area contributed by atoms with Crippen LogP contribution in [0.3, 0.4) is 0 Å². The summed E-state index contributed by atoms with van der Waals surface area (Å²) in [5.41, 5.74) is 1.53. The summed E-state index contributed by atoms with van der Waals surface area (Å²) < 4.78 is 0. The van der Waals surface area contributed by atoms with E-state index in [1.165, 1.54) is 18.4 Å². The topological polar surface area (TPSA) is 52.7 Å². The minimum absolute atomic E-state index is 0.0343. The lowest BCUT2D eigenvalue weighted by atomic mass is 9.73. The van der Waals surface area contributed by atoms with E-state index in [-0.39, 0.29) is 11.3 Å². The monoisotopic (exact) mass is 357 g/mol. The second kappa shape index (κ2) is 8.67. The van der Waals surface area contributed by atoms with Crippen LogP contribution < -0.4 is 5.32 Å². The number of hydrogen-bond acceptors (Lipinski definition) is 3. The number of hydrogen-bond donors (Lipinski definition) is 1. The van der Waals surface area contributed by atoms with Crippen molar-refractivity contribution < 1.29 is 9.59 Å². The first-order valence-electron chi connectivity index (χ1n) is 9.85. The van der Waals surface area contributed by atoms with Gasteiger partial charge in [-0.05, 0) is 37.8 Å². The molecular formula is C21H31N3O2. The van der Waals surface area contributed by atoms with Gasteiger partial charge in [0, 0.05) is 51.5 Å². The Morgan fingerprint density at radius 2 is 1.96 bits per heavy atom. The van der Waals surface area contributed by atoms with E-state index in [4.69, 9.17) is 0 Å². The van der Waals surface area contributed by atoms with Gasteiger partial charge in [0.25, 0.3) is 0 Å². The van der Waals surface area contributed by atoms with E-state index in [1.807, 2.05) is 6.07 Å². The first-order chi connectivity index (χ1) is 12.6. The van der Waals surface area contributed by atoms with Crippen molar-refractivity contribution in [2.45, 2.75) is 39.0 Å². The van der Waals surface area contributed by atoms with Gasteiger partial charge in [-0.3, -0.25) is 9.59 Å². The molecule has 0 aromatic heterocycles. The van der Waals surface area contributed by atoms with Crippen LogP contribution in [0.2, 0.25) is 0 Å². The van der Waals surface area contributed by atoms with E-state index in [9.17, 15) is 9.59 Å². The summed E-state index contributed by atoms with van der Waals surface area (Å²) in [7, 11) is 0. The Morgan fingerprint density at radius 3 is 2.73 bits per heavy atom. The highest BCUT2D eigenvalue weighted by Gasteiger charge is 2.41. The van der Waals surface area contributed by atoms with Gasteiger partial charge in [-0.25, -0.2) is 0 Å². The Bertz CT molecular complexity index is 619. The molecule has 2 aliphatic rings. The summed E-state index contributed by atoms with van der Waals surface area (Å²) in [6.07, 6.45) is 4.99. The average molecular weight is 357 g/mol. The Kier molecular flexibility index (Phi) is 6.30. The molecule has 5 nitrogen and oxygen atoms in total. The molecule has 5 heteroatoms. The SMILES string of the molecule is CC(=O)NCCN1CCCC2(CCC(=O)N(CCc3ccccc3)C2)C1. The molecular weight excluding hydrogens is 326 g/mol. The van der Waals surface area contributed by atoms with Crippen molar-refractivity contribution in [1.29, 1.82) is 0 Å². The van der Waals surface area contributed by atoms with Crippen LogP contribution in [0.25, 0.3) is 0 Å². The molecule has 0 bridgehead atoms. The zero-order valence-electron chi connectivity index (χ0n) is 15.9. The van der Waals surface area contributed by atoms with Gasteiger partial charge < -0.3 is 15.1 Å². The number of carbonyl (C=O) groups is 2. The highest BCUT2D eigenvalue weighted by molar-refractivity contribution is 5.77. The van der Waals surface area contributed by atoms with Gasteiger partial charge in [0.15, 0.2) is 0 Å². The van der Waals surface area contributed by atoms with Gasteiger partial charge >= 0.3 is 0 Å². The normalized spacial score (nSPS) is 24.0. The Labute approximate surface area is 156 Å². The lowest BCUT2D eigenvalue weighted by Gasteiger charge is -2.48. The van der Waals surface area contributed by atoms with Gasteiger partial charge in [0.1, 0.15) is 0 Å². The molecule has 3 rings (SSSR count). The maximum absolute atomic E-state index is 12.4. The van der Waals surface area contributed by atoms with Crippen molar-refractivity contribution in [3.05, 3.63) is 35.9 Å². The smallest absolute Gasteiger partial charge is 0.222 e. The third-order valence-corrected chi connectivity index (χ3v) is 5.80. The lowest BCUT2D eigenvalue weighted by Crippen LogP contribution is -2.55. The summed E-state index contributed by atoms with van der Waals surface area (Å²) >= 11 is 0. The molecule has 142 valence electrons. The van der Waals surface area contributed by atoms with E-state index in [2.05, 4.69) is 39.4 Å². The number of nitrogens with one attached hydrogen (secondary N) is 1. The second-order valence-corrected chi connectivity index (χ2v) is 7.91. The molecule has 1 aromatic rings. The van der Waals surface area contributed by atoms with Crippen LogP contribution >= 0.6 is 0 Å². The zero-order valence-corrected chi connectivity index (χ0v) is 15.9. The predicted octanol–water partition coefficient (Wildman–Crippen LogP) is 2.07. The van der Waals surface area contributed by atoms with Crippen molar-refractivity contribution in [1.82, 2.24) is 15.1 Å². The summed E-state index contributed by atoms with van der Waals surface area (Å²) in [5.74, 6) is 0.342. The van der Waals surface area contributed by atoms with Crippen molar-refractivity contribution in [3.63, 3.8) is 0 Å². The van der Waals surface area contributed by atoms with E-state index in [0.29, 0.717) is 18.9 Å². The Morgan fingerprint density at radius 1 is 1.15 bits per heavy atom. The molecule has 1 aromatic carbocycles. The fraction of sp³-hybridized carbons (Fsp3) is 0.619. The van der Waals surface area contributed by atoms with Crippen molar-refractivity contribution >= 4 is 11.8 Å². The molecule has 0 radical (unpaired) electrons. The molecule has 0 aliphatic carbocycles. The van der Waals surface area contributed by atoms with Crippen LogP contribution in [-0.2, 0) is 16.0 Å². The van der Waals surface area contributed by atoms with E-state index in [0.717, 1.165) is 45.6 Å². The van der Waals surface area contributed by atoms with Gasteiger partial charge in [-0.2, -0.15) is 0 Å². The standard InChI is InChI=1S/C21H31N3O2/c1-18(25)22-12-15-23-13-5-10-21(16-23)11-8-20(26)24(17-21)14-9-19-6-3-2-4-7-19/h2-4,6-7H,5,8-17H2,1H3,(H,22,25). The maximum Gasteiger partial charge on any atom is 0.222 e. The number of likely N-dealkylation sites (tertiary alicyclic amines) is 2. The fourth-order valence-electron chi connectivity index (χ4n) is 4.44. The number of piperidine rings is 2. The third-order valence-electron chi connectivity index (χ3n) is 5.80. The van der Waals surface area contributed by atoms with Crippen LogP contribution in [0.5, 0.6) is 0 Å². The molecule has 26 heavy (non-hydrogen) atoms. The predicted molar refractivity (Wildman–Crippen MR) is 103 cm³/mol. The summed E-state index contributed by atoms with van der Waals surface area (Å²) in [5, 5.41) is 2.89. The van der Waals surface area contributed by atoms with Crippen LogP contribution in [0.4, 0.5) is 0 Å². The molecule has 2 aliphatic heterocycles. The molecule has 2 heterocycles. The number of carbonyl (C=O) groups excluding carboxylic acids is 2. The van der Waals surface area contributed by atoms with Gasteiger partial charge in [0.2, 0.25) is 11.8 Å². The van der Waals surface area contributed by atoms with E-state index >= 15 is 0 Å². The first-order valence-corrected chi connectivity index (χ1v) is 9.85. The number of amides is 2. The lowest BCUT2D eigenvalue weighted by molar-refractivity contribution is -0.139. The third kappa shape index (κ3) is 5.07. The fourth-order valence-corrected chi connectivity index (χ4v) is 4.44. The second-order valence-electron chi connectivity index (χ2n) is 7.91. The molecule has 1 unspecified atom stereocenters. The summed E-state index contributed by atoms with van der Waals surface area (Å²) in [6.45, 7) is 7.02. The highest BCUT2D eigenvalue weighted by Crippen LogP contribution is 2.38. The van der Waals surface area contributed by atoms with Crippen molar-refractivity contribution in [2.75, 3.05) is 39.3 Å². The molecule has 0 saturated carbocycles. The zero-order chi connectivity index (χ0) is 18.4. The number of nitrogens with zero attached hydrogens (tertiary/aromatic N) is 2. The van der Waals surface area contributed by atoms with Gasteiger partial charge in [-0.15, -0.1) is 0 Å². The van der Waals surface area contributed by atoms with Crippen LogP contribution in [-0.4, -0.2) is 60.9 Å². The molecule has 1 spiro atoms. The minimum Gasteiger partial charge on any atom is -0.355 e. The van der Waals surface area contributed by atoms with Gasteiger partial charge in [0.05, 0.1) is 0 Å². The van der Waals surface area contributed by atoms with Crippen LogP contribution in [0, 0.1) is 5.41 Å². The van der Waals surface area contributed by atoms with E-state index in [1.54, 1.807) is 6.92 Å². The molecule has 2 amide bonds. The van der Waals surface area contributed by atoms with E-state index < -0.39 is 0 Å². The highest BCUT2D eigenvalue weighted by atomic mass is 16.2. The summed E-state index contributed by atoms with van der Waals surface area (Å²) in [6, 6.07) is 10.4. The molecule has 1 atom stereocenters. The first kappa shape index (κ1) is 18.9. The van der Waals surface area contributed by atoms with Crippen LogP contribution in [0.15, 0.2) is 30.3 Å². The summed E-state index contributed by atoms with van der Waals surface area (Å²) in [4.78, 5) is 28.1. The van der Waals surface area contributed by atoms with Crippen molar-refractivity contribution in [3.8, 4) is 0 Å². The molecule has 2 saturated heterocycles. The number of rotatable bonds is 6. The largest absolute Gasteiger partial charge is 0.355 e. The molecule has 2 fully saturated rings. The Balaban J connectivity index is 1.55. The number of benzene rings is 1. The molecule has 1 N–H and O–H groups in total. The van der Waals surface area contributed by atoms with Crippen molar-refractivity contribution in [2.24, 2.45) is 5.41 Å². The Hall–Kier alpha value is -1.88. The average Bonchev–Trinajstić information content (AvgIpc) is 2.64.